The molecule has 0 aromatic carbocycles. The second kappa shape index (κ2) is 4.56. The van der Waals surface area contributed by atoms with E-state index >= 15 is 0 Å². The van der Waals surface area contributed by atoms with Crippen LogP contribution < -0.4 is 0 Å². The number of fused-ring (bicyclic) bond motifs is 4. The molecule has 0 aromatic rings. The number of carbonyl (C=O) groups excluding carboxylic acids is 2. The molecule has 3 heteroatoms. The molecule has 0 heterocycles. The lowest BCUT2D eigenvalue weighted by molar-refractivity contribution is -0.154. The Hall–Kier alpha value is -1.38. The molecule has 0 saturated heterocycles. The summed E-state index contributed by atoms with van der Waals surface area (Å²) in [4.78, 5) is 24.8. The zero-order valence-electron chi connectivity index (χ0n) is 12.8. The molecule has 0 N–H and O–H groups in total. The lowest BCUT2D eigenvalue weighted by Crippen LogP contribution is -2.22. The summed E-state index contributed by atoms with van der Waals surface area (Å²) in [5.74, 6) is 1.04. The summed E-state index contributed by atoms with van der Waals surface area (Å²) in [6.45, 7) is 4.07. The highest BCUT2D eigenvalue weighted by atomic mass is 16.6. The first-order valence-corrected chi connectivity index (χ1v) is 8.24. The predicted octanol–water partition coefficient (Wildman–Crippen LogP) is 3.55. The maximum Gasteiger partial charge on any atom is 0.342 e. The lowest BCUT2D eigenvalue weighted by Gasteiger charge is -2.18. The first-order valence-electron chi connectivity index (χ1n) is 8.24. The standard InChI is InChI=1S/C18H22O3/c1-9-11-3-5-13(7-11)15(9)17(19)21-18(20)16-10(2)12-4-6-14(16)8-12/h11-14H,3-8H2,1-2H3. The lowest BCUT2D eigenvalue weighted by atomic mass is 9.92. The second-order valence-electron chi connectivity index (χ2n) is 7.28. The minimum atomic E-state index is -0.368. The third-order valence-electron chi connectivity index (χ3n) is 6.38. The van der Waals surface area contributed by atoms with Crippen molar-refractivity contribution in [1.82, 2.24) is 0 Å². The van der Waals surface area contributed by atoms with Crippen molar-refractivity contribution >= 4 is 11.9 Å². The molecule has 4 bridgehead atoms. The summed E-state index contributed by atoms with van der Waals surface area (Å²) in [5.41, 5.74) is 3.95. The van der Waals surface area contributed by atoms with Crippen LogP contribution in [0.2, 0.25) is 0 Å². The first-order chi connectivity index (χ1) is 10.1. The van der Waals surface area contributed by atoms with Crippen LogP contribution in [0.5, 0.6) is 0 Å². The largest absolute Gasteiger partial charge is 0.386 e. The second-order valence-corrected chi connectivity index (χ2v) is 7.28. The Balaban J connectivity index is 1.52. The van der Waals surface area contributed by atoms with Crippen molar-refractivity contribution in [3.05, 3.63) is 22.3 Å². The molecule has 112 valence electrons. The summed E-state index contributed by atoms with van der Waals surface area (Å²) in [7, 11) is 0. The Morgan fingerprint density at radius 3 is 1.48 bits per heavy atom. The number of allylic oxidation sites excluding steroid dienone is 2. The van der Waals surface area contributed by atoms with Crippen molar-refractivity contribution in [2.75, 3.05) is 0 Å². The molecule has 4 aliphatic rings. The van der Waals surface area contributed by atoms with E-state index in [1.807, 2.05) is 13.8 Å². The van der Waals surface area contributed by atoms with E-state index in [0.717, 1.165) is 36.8 Å². The first kappa shape index (κ1) is 13.3. The van der Waals surface area contributed by atoms with E-state index in [1.165, 1.54) is 24.0 Å². The molecule has 21 heavy (non-hydrogen) atoms. The summed E-state index contributed by atoms with van der Waals surface area (Å²) in [5, 5.41) is 0. The van der Waals surface area contributed by atoms with Gasteiger partial charge in [0.05, 0.1) is 0 Å². The van der Waals surface area contributed by atoms with E-state index in [0.29, 0.717) is 23.7 Å². The monoisotopic (exact) mass is 286 g/mol. The summed E-state index contributed by atoms with van der Waals surface area (Å²) in [6, 6.07) is 0. The molecule has 2 fully saturated rings. The smallest absolute Gasteiger partial charge is 0.342 e. The van der Waals surface area contributed by atoms with E-state index in [4.69, 9.17) is 4.74 Å². The number of rotatable bonds is 2. The summed E-state index contributed by atoms with van der Waals surface area (Å²) in [6.07, 6.45) is 6.69. The van der Waals surface area contributed by atoms with Gasteiger partial charge in [0.1, 0.15) is 0 Å². The minimum absolute atomic E-state index is 0.338. The molecule has 0 radical (unpaired) electrons. The highest BCUT2D eigenvalue weighted by molar-refractivity contribution is 6.03. The zero-order chi connectivity index (χ0) is 14.7. The maximum atomic E-state index is 12.4. The number of ether oxygens (including phenoxy) is 1. The highest BCUT2D eigenvalue weighted by Gasteiger charge is 2.44. The van der Waals surface area contributed by atoms with E-state index in [9.17, 15) is 9.59 Å². The van der Waals surface area contributed by atoms with Gasteiger partial charge in [-0.2, -0.15) is 0 Å². The fraction of sp³-hybridized carbons (Fsp3) is 0.667. The van der Waals surface area contributed by atoms with Crippen LogP contribution in [0, 0.1) is 23.7 Å². The number of hydrogen-bond acceptors (Lipinski definition) is 3. The van der Waals surface area contributed by atoms with Crippen LogP contribution in [0.25, 0.3) is 0 Å². The summed E-state index contributed by atoms with van der Waals surface area (Å²) >= 11 is 0. The van der Waals surface area contributed by atoms with Gasteiger partial charge < -0.3 is 4.74 Å². The van der Waals surface area contributed by atoms with E-state index in [2.05, 4.69) is 0 Å². The number of carbonyl (C=O) groups is 2. The third kappa shape index (κ3) is 1.86. The molecule has 0 aromatic heterocycles. The molecular formula is C18H22O3. The van der Waals surface area contributed by atoms with Crippen molar-refractivity contribution in [2.45, 2.75) is 52.4 Å². The van der Waals surface area contributed by atoms with Gasteiger partial charge in [0, 0.05) is 11.1 Å². The Kier molecular flexibility index (Phi) is 2.88. The number of hydrogen-bond donors (Lipinski definition) is 0. The molecule has 4 unspecified atom stereocenters. The van der Waals surface area contributed by atoms with Gasteiger partial charge in [-0.05, 0) is 76.0 Å². The van der Waals surface area contributed by atoms with Crippen LogP contribution in [-0.4, -0.2) is 11.9 Å². The molecule has 2 saturated carbocycles. The molecular weight excluding hydrogens is 264 g/mol. The van der Waals surface area contributed by atoms with Crippen molar-refractivity contribution < 1.29 is 14.3 Å². The van der Waals surface area contributed by atoms with Crippen LogP contribution in [0.15, 0.2) is 22.3 Å². The van der Waals surface area contributed by atoms with Crippen molar-refractivity contribution in [3.8, 4) is 0 Å². The van der Waals surface area contributed by atoms with Crippen molar-refractivity contribution in [1.29, 1.82) is 0 Å². The number of esters is 2. The average molecular weight is 286 g/mol. The van der Waals surface area contributed by atoms with Gasteiger partial charge >= 0.3 is 11.9 Å². The van der Waals surface area contributed by atoms with Gasteiger partial charge in [-0.3, -0.25) is 0 Å². The molecule has 4 atom stereocenters. The van der Waals surface area contributed by atoms with Crippen molar-refractivity contribution in [3.63, 3.8) is 0 Å². The molecule has 4 rings (SSSR count). The van der Waals surface area contributed by atoms with Gasteiger partial charge in [-0.25, -0.2) is 9.59 Å². The molecule has 4 aliphatic carbocycles. The quantitative estimate of drug-likeness (QED) is 0.576. The Labute approximate surface area is 125 Å². The Morgan fingerprint density at radius 2 is 1.14 bits per heavy atom. The van der Waals surface area contributed by atoms with E-state index < -0.39 is 0 Å². The van der Waals surface area contributed by atoms with E-state index in [1.54, 1.807) is 0 Å². The maximum absolute atomic E-state index is 12.4. The Bertz CT molecular complexity index is 544. The van der Waals surface area contributed by atoms with Gasteiger partial charge in [0.2, 0.25) is 0 Å². The average Bonchev–Trinajstić information content (AvgIpc) is 3.17. The summed E-state index contributed by atoms with van der Waals surface area (Å²) < 4.78 is 5.27. The molecule has 3 nitrogen and oxygen atoms in total. The third-order valence-corrected chi connectivity index (χ3v) is 6.38. The molecule has 0 spiro atoms. The predicted molar refractivity (Wildman–Crippen MR) is 78.2 cm³/mol. The van der Waals surface area contributed by atoms with Crippen LogP contribution in [-0.2, 0) is 14.3 Å². The van der Waals surface area contributed by atoms with Gasteiger partial charge in [-0.1, -0.05) is 11.1 Å². The van der Waals surface area contributed by atoms with E-state index in [-0.39, 0.29) is 11.9 Å². The topological polar surface area (TPSA) is 43.4 Å². The van der Waals surface area contributed by atoms with Crippen LogP contribution in [0.1, 0.15) is 52.4 Å². The minimum Gasteiger partial charge on any atom is -0.386 e. The highest BCUT2D eigenvalue weighted by Crippen LogP contribution is 2.50. The Morgan fingerprint density at radius 1 is 0.762 bits per heavy atom. The fourth-order valence-electron chi connectivity index (χ4n) is 5.21. The fourth-order valence-corrected chi connectivity index (χ4v) is 5.21. The van der Waals surface area contributed by atoms with Gasteiger partial charge in [0.25, 0.3) is 0 Å². The molecule has 0 aliphatic heterocycles. The van der Waals surface area contributed by atoms with Gasteiger partial charge in [-0.15, -0.1) is 0 Å². The van der Waals surface area contributed by atoms with Gasteiger partial charge in [0.15, 0.2) is 0 Å². The molecule has 0 amide bonds. The van der Waals surface area contributed by atoms with Crippen molar-refractivity contribution in [2.24, 2.45) is 23.7 Å². The van der Waals surface area contributed by atoms with Crippen LogP contribution in [0.4, 0.5) is 0 Å². The normalized spacial score (nSPS) is 36.9. The van der Waals surface area contributed by atoms with Crippen LogP contribution >= 0.6 is 0 Å². The van der Waals surface area contributed by atoms with Crippen LogP contribution in [0.3, 0.4) is 0 Å². The SMILES string of the molecule is CC1=C(C(=O)OC(=O)C2=C(C)C3CCC2C3)C2CCC1C2. The zero-order valence-corrected chi connectivity index (χ0v) is 12.8.